The van der Waals surface area contributed by atoms with Crippen LogP contribution in [0.15, 0.2) is 152 Å². The average molecular weight is 1060 g/mol. The summed E-state index contributed by atoms with van der Waals surface area (Å²) in [6, 6.07) is 53.5. The summed E-state index contributed by atoms with van der Waals surface area (Å²) >= 11 is 0. The summed E-state index contributed by atoms with van der Waals surface area (Å²) < 4.78 is 20.2. The molecule has 0 saturated heterocycles. The zero-order valence-corrected chi connectivity index (χ0v) is 50.4. The molecule has 0 saturated carbocycles. The van der Waals surface area contributed by atoms with Gasteiger partial charge in [0.1, 0.15) is 23.2 Å². The number of fused-ring (bicyclic) bond motifs is 2. The monoisotopic (exact) mass is 1060 g/mol. The summed E-state index contributed by atoms with van der Waals surface area (Å²) in [5.74, 6) is 1.93. The average Bonchev–Trinajstić information content (AvgIpc) is 4.21. The van der Waals surface area contributed by atoms with Crippen LogP contribution in [0.5, 0.6) is 5.75 Å². The van der Waals surface area contributed by atoms with E-state index >= 15 is 4.39 Å². The molecule has 410 valence electrons. The molecule has 0 amide bonds. The highest BCUT2D eigenvalue weighted by atomic mass is 19.1. The number of nitrogens with zero attached hydrogens (tertiary/aromatic N) is 4. The van der Waals surface area contributed by atoms with Gasteiger partial charge >= 0.3 is 0 Å². The Kier molecular flexibility index (Phi) is 14.5. The molecule has 2 heterocycles. The van der Waals surface area contributed by atoms with Crippen molar-refractivity contribution in [3.8, 4) is 73.3 Å². The Morgan fingerprint density at radius 1 is 0.400 bits per heavy atom. The molecule has 0 bridgehead atoms. The number of phenolic OH excluding ortho intramolecular Hbond substituents is 1. The Morgan fingerprint density at radius 2 is 0.875 bits per heavy atom. The number of benzene rings is 8. The quantitative estimate of drug-likeness (QED) is 0.140. The van der Waals surface area contributed by atoms with Gasteiger partial charge in [-0.05, 0) is 162 Å². The van der Waals surface area contributed by atoms with Crippen LogP contribution >= 0.6 is 0 Å². The molecule has 6 heteroatoms. The minimum atomic E-state index is -0.368. The number of imidazole rings is 2. The SMILES string of the molecule is CC(C)c1cc(-c2ccccc2)cc(C(C)C)c1-n1c(-c2cc(-c3cccc4c3nc(-c3cc(C(C)(C)C)cc(C(C)(C)C)c3O)n4-c3c(C(C)C)cc(-c4ccccc4)cc3C(C)C)cc(C(C)(C)C)c2)nc2cc(F)ccc21. The lowest BCUT2D eigenvalue weighted by Gasteiger charge is -2.28. The molecule has 10 rings (SSSR count). The number of rotatable bonds is 11. The molecule has 10 aromatic rings. The lowest BCUT2D eigenvalue weighted by molar-refractivity contribution is 0.446. The van der Waals surface area contributed by atoms with Gasteiger partial charge in [0.15, 0.2) is 0 Å². The van der Waals surface area contributed by atoms with E-state index in [4.69, 9.17) is 9.97 Å². The summed E-state index contributed by atoms with van der Waals surface area (Å²) in [6.45, 7) is 38.2. The third-order valence-electron chi connectivity index (χ3n) is 16.2. The fraction of sp³-hybridized carbons (Fsp3) is 0.324. The zero-order valence-electron chi connectivity index (χ0n) is 50.4. The van der Waals surface area contributed by atoms with Crippen molar-refractivity contribution in [3.05, 3.63) is 196 Å². The van der Waals surface area contributed by atoms with Crippen LogP contribution in [0.1, 0.15) is 180 Å². The number of halogens is 1. The normalized spacial score (nSPS) is 12.6. The third-order valence-corrected chi connectivity index (χ3v) is 16.2. The zero-order chi connectivity index (χ0) is 57.5. The van der Waals surface area contributed by atoms with E-state index < -0.39 is 0 Å². The molecule has 0 aliphatic heterocycles. The molecule has 8 aromatic carbocycles. The Hall–Kier alpha value is -7.57. The molecule has 0 fully saturated rings. The molecule has 0 spiro atoms. The van der Waals surface area contributed by atoms with Gasteiger partial charge in [0.2, 0.25) is 0 Å². The van der Waals surface area contributed by atoms with Crippen LogP contribution in [0.4, 0.5) is 4.39 Å². The summed E-state index contributed by atoms with van der Waals surface area (Å²) in [4.78, 5) is 11.3. The Balaban J connectivity index is 1.32. The van der Waals surface area contributed by atoms with Gasteiger partial charge < -0.3 is 5.11 Å². The fourth-order valence-electron chi connectivity index (χ4n) is 11.6. The van der Waals surface area contributed by atoms with Crippen molar-refractivity contribution in [1.29, 1.82) is 0 Å². The van der Waals surface area contributed by atoms with E-state index in [1.165, 1.54) is 44.5 Å². The molecule has 0 radical (unpaired) electrons. The maximum Gasteiger partial charge on any atom is 0.149 e. The van der Waals surface area contributed by atoms with E-state index in [1.807, 2.05) is 6.07 Å². The van der Waals surface area contributed by atoms with Gasteiger partial charge in [-0.3, -0.25) is 9.13 Å². The van der Waals surface area contributed by atoms with Crippen LogP contribution in [0.25, 0.3) is 89.6 Å². The Bertz CT molecular complexity index is 3900. The van der Waals surface area contributed by atoms with Crippen LogP contribution in [0.3, 0.4) is 0 Å². The molecule has 0 aliphatic rings. The highest BCUT2D eigenvalue weighted by molar-refractivity contribution is 5.98. The van der Waals surface area contributed by atoms with Crippen molar-refractivity contribution in [1.82, 2.24) is 19.1 Å². The van der Waals surface area contributed by atoms with Gasteiger partial charge in [-0.2, -0.15) is 0 Å². The maximum absolute atomic E-state index is 15.5. The first kappa shape index (κ1) is 55.7. The van der Waals surface area contributed by atoms with E-state index in [1.54, 1.807) is 12.1 Å². The summed E-state index contributed by atoms with van der Waals surface area (Å²) in [5.41, 5.74) is 20.7. The van der Waals surface area contributed by atoms with Crippen molar-refractivity contribution in [3.63, 3.8) is 0 Å². The smallest absolute Gasteiger partial charge is 0.149 e. The first-order valence-corrected chi connectivity index (χ1v) is 28.9. The lowest BCUT2D eigenvalue weighted by Crippen LogP contribution is -2.17. The maximum atomic E-state index is 15.5. The van der Waals surface area contributed by atoms with E-state index in [0.29, 0.717) is 16.9 Å². The second kappa shape index (κ2) is 20.8. The summed E-state index contributed by atoms with van der Waals surface area (Å²) in [5, 5.41) is 12.9. The predicted molar refractivity (Wildman–Crippen MR) is 337 cm³/mol. The molecule has 1 N–H and O–H groups in total. The van der Waals surface area contributed by atoms with Crippen LogP contribution in [0, 0.1) is 5.82 Å². The molecule has 5 nitrogen and oxygen atoms in total. The molecule has 0 unspecified atom stereocenters. The number of aromatic nitrogens is 4. The largest absolute Gasteiger partial charge is 0.507 e. The van der Waals surface area contributed by atoms with Gasteiger partial charge in [0.05, 0.1) is 39.0 Å². The minimum Gasteiger partial charge on any atom is -0.507 e. The third kappa shape index (κ3) is 10.3. The Labute approximate surface area is 475 Å². The first-order valence-electron chi connectivity index (χ1n) is 28.9. The van der Waals surface area contributed by atoms with Crippen molar-refractivity contribution in [2.45, 2.75) is 158 Å². The number of hydrogen-bond acceptors (Lipinski definition) is 3. The molecule has 0 atom stereocenters. The van der Waals surface area contributed by atoms with Gasteiger partial charge in [-0.25, -0.2) is 14.4 Å². The summed E-state index contributed by atoms with van der Waals surface area (Å²) in [6.07, 6.45) is 0. The Morgan fingerprint density at radius 3 is 1.35 bits per heavy atom. The van der Waals surface area contributed by atoms with Crippen molar-refractivity contribution >= 4 is 22.1 Å². The molecular weight excluding hydrogens is 980 g/mol. The van der Waals surface area contributed by atoms with Crippen molar-refractivity contribution in [2.75, 3.05) is 0 Å². The fourth-order valence-corrected chi connectivity index (χ4v) is 11.6. The second-order valence-corrected chi connectivity index (χ2v) is 26.7. The molecular formula is C74H81FN4O. The van der Waals surface area contributed by atoms with Crippen LogP contribution in [-0.2, 0) is 16.2 Å². The summed E-state index contributed by atoms with van der Waals surface area (Å²) in [7, 11) is 0. The van der Waals surface area contributed by atoms with E-state index in [9.17, 15) is 5.11 Å². The van der Waals surface area contributed by atoms with Crippen LogP contribution < -0.4 is 0 Å². The number of phenols is 1. The van der Waals surface area contributed by atoms with Gasteiger partial charge in [0.25, 0.3) is 0 Å². The first-order chi connectivity index (χ1) is 37.7. The van der Waals surface area contributed by atoms with Gasteiger partial charge in [-0.15, -0.1) is 0 Å². The highest BCUT2D eigenvalue weighted by Gasteiger charge is 2.32. The van der Waals surface area contributed by atoms with E-state index in [2.05, 4.69) is 260 Å². The second-order valence-electron chi connectivity index (χ2n) is 26.7. The molecule has 2 aromatic heterocycles. The predicted octanol–water partition coefficient (Wildman–Crippen LogP) is 20.9. The van der Waals surface area contributed by atoms with Crippen LogP contribution in [-0.4, -0.2) is 24.2 Å². The molecule has 80 heavy (non-hydrogen) atoms. The van der Waals surface area contributed by atoms with E-state index in [0.717, 1.165) is 67.1 Å². The van der Waals surface area contributed by atoms with Gasteiger partial charge in [0, 0.05) is 22.8 Å². The standard InChI is InChI=1S/C74H81FN4O/c1-43(2)57-36-49(47-25-20-18-21-26-47)37-58(44(3)4)67(57)78-64-32-31-55(75)42-63(64)76-70(78)52-33-51(34-53(35-52)72(9,10)11)56-29-24-30-65-66(56)77-71(61-40-54(73(12,13)14)41-62(69(61)80)74(15,16)17)79(65)68-59(45(5)6)38-50(39-60(68)46(7)8)48-27-22-19-23-28-48/h18-46,80H,1-17H3. The lowest BCUT2D eigenvalue weighted by atomic mass is 9.78. The minimum absolute atomic E-state index is 0.139. The van der Waals surface area contributed by atoms with Crippen molar-refractivity contribution in [2.24, 2.45) is 0 Å². The van der Waals surface area contributed by atoms with Gasteiger partial charge in [-0.1, -0.05) is 203 Å². The topological polar surface area (TPSA) is 55.9 Å². The van der Waals surface area contributed by atoms with Crippen molar-refractivity contribution < 1.29 is 9.50 Å². The number of aromatic hydroxyl groups is 1. The number of hydrogen-bond donors (Lipinski definition) is 1. The van der Waals surface area contributed by atoms with E-state index in [-0.39, 0.29) is 51.5 Å². The van der Waals surface area contributed by atoms with Crippen LogP contribution in [0.2, 0.25) is 0 Å². The number of para-hydroxylation sites is 1. The highest BCUT2D eigenvalue weighted by Crippen LogP contribution is 2.48. The molecule has 0 aliphatic carbocycles.